The largest absolute Gasteiger partial charge is 0.348 e. The summed E-state index contributed by atoms with van der Waals surface area (Å²) in [7, 11) is 0. The molecule has 1 fully saturated rings. The molecule has 0 aliphatic carbocycles. The van der Waals surface area contributed by atoms with Gasteiger partial charge in [0.25, 0.3) is 0 Å². The zero-order valence-corrected chi connectivity index (χ0v) is 16.0. The normalized spacial score (nSPS) is 16.0. The van der Waals surface area contributed by atoms with Gasteiger partial charge in [-0.2, -0.15) is 0 Å². The van der Waals surface area contributed by atoms with E-state index in [0.717, 1.165) is 11.3 Å². The number of thiazole rings is 1. The van der Waals surface area contributed by atoms with E-state index < -0.39 is 0 Å². The van der Waals surface area contributed by atoms with E-state index in [2.05, 4.69) is 29.5 Å². The van der Waals surface area contributed by atoms with Crippen molar-refractivity contribution >= 4 is 39.7 Å². The zero-order valence-electron chi connectivity index (χ0n) is 14.3. The average Bonchev–Trinajstić information content (AvgIpc) is 3.24. The molecule has 2 aromatic rings. The number of hydrogen-bond donors (Lipinski definition) is 2. The van der Waals surface area contributed by atoms with Crippen molar-refractivity contribution in [1.29, 1.82) is 0 Å². The number of urea groups is 1. The number of carbonyl (C=O) groups is 2. The van der Waals surface area contributed by atoms with Gasteiger partial charge in [0.15, 0.2) is 5.13 Å². The highest BCUT2D eigenvalue weighted by molar-refractivity contribution is 7.14. The first-order valence-corrected chi connectivity index (χ1v) is 10.1. The minimum atomic E-state index is -0.117. The van der Waals surface area contributed by atoms with Crippen molar-refractivity contribution < 1.29 is 9.59 Å². The molecule has 1 aliphatic rings. The molecule has 0 saturated carbocycles. The Kier molecular flexibility index (Phi) is 5.70. The molecule has 134 valence electrons. The quantitative estimate of drug-likeness (QED) is 0.811. The molecular weight excluding hydrogens is 356 g/mol. The van der Waals surface area contributed by atoms with E-state index in [0.29, 0.717) is 29.8 Å². The lowest BCUT2D eigenvalue weighted by molar-refractivity contribution is -0.121. The number of hydrogen-bond acceptors (Lipinski definition) is 5. The van der Waals surface area contributed by atoms with Gasteiger partial charge in [-0.15, -0.1) is 22.7 Å². The third-order valence-corrected chi connectivity index (χ3v) is 5.89. The summed E-state index contributed by atoms with van der Waals surface area (Å²) in [5, 5.41) is 10.4. The summed E-state index contributed by atoms with van der Waals surface area (Å²) in [6, 6.07) is 3.94. The predicted molar refractivity (Wildman–Crippen MR) is 101 cm³/mol. The van der Waals surface area contributed by atoms with Crippen LogP contribution >= 0.6 is 22.7 Å². The summed E-state index contributed by atoms with van der Waals surface area (Å²) in [5.41, 5.74) is 0.699. The number of nitrogens with one attached hydrogen (secondary N) is 2. The lowest BCUT2D eigenvalue weighted by Gasteiger charge is -2.24. The molecular formula is C17H22N4O2S2. The molecule has 8 heteroatoms. The molecule has 6 nitrogen and oxygen atoms in total. The van der Waals surface area contributed by atoms with Crippen molar-refractivity contribution in [2.45, 2.75) is 32.7 Å². The first kappa shape index (κ1) is 17.9. The summed E-state index contributed by atoms with van der Waals surface area (Å²) in [6.07, 6.45) is 1.12. The lowest BCUT2D eigenvalue weighted by atomic mass is 10.0. The van der Waals surface area contributed by atoms with Crippen LogP contribution in [-0.4, -0.2) is 30.0 Å². The zero-order chi connectivity index (χ0) is 17.8. The lowest BCUT2D eigenvalue weighted by Crippen LogP contribution is -2.46. The minimum absolute atomic E-state index is 0.0125. The Morgan fingerprint density at radius 2 is 2.28 bits per heavy atom. The van der Waals surface area contributed by atoms with Crippen LogP contribution in [0.25, 0.3) is 0 Å². The van der Waals surface area contributed by atoms with E-state index in [4.69, 9.17) is 0 Å². The third-order valence-electron chi connectivity index (χ3n) is 4.02. The molecule has 1 saturated heterocycles. The van der Waals surface area contributed by atoms with Crippen LogP contribution in [0.1, 0.15) is 36.9 Å². The van der Waals surface area contributed by atoms with Gasteiger partial charge in [0.1, 0.15) is 0 Å². The Labute approximate surface area is 155 Å². The van der Waals surface area contributed by atoms with Gasteiger partial charge in [-0.25, -0.2) is 9.78 Å². The molecule has 1 aliphatic heterocycles. The van der Waals surface area contributed by atoms with E-state index in [9.17, 15) is 9.59 Å². The first-order valence-electron chi connectivity index (χ1n) is 8.37. The molecule has 1 atom stereocenters. The molecule has 2 aromatic heterocycles. The topological polar surface area (TPSA) is 74.3 Å². The van der Waals surface area contributed by atoms with Crippen molar-refractivity contribution in [3.8, 4) is 0 Å². The van der Waals surface area contributed by atoms with Crippen molar-refractivity contribution in [3.05, 3.63) is 33.5 Å². The van der Waals surface area contributed by atoms with Gasteiger partial charge < -0.3 is 10.6 Å². The van der Waals surface area contributed by atoms with Gasteiger partial charge in [-0.1, -0.05) is 19.9 Å². The number of carbonyl (C=O) groups excluding carboxylic acids is 2. The Morgan fingerprint density at radius 3 is 2.96 bits per heavy atom. The molecule has 0 spiro atoms. The van der Waals surface area contributed by atoms with Gasteiger partial charge in [-0.05, 0) is 23.8 Å². The SMILES string of the molecule is CC(C)C(NC(=O)Cc1csc(N2CCCNC2=O)n1)c1cccs1. The van der Waals surface area contributed by atoms with Crippen LogP contribution in [0, 0.1) is 5.92 Å². The van der Waals surface area contributed by atoms with Crippen LogP contribution in [0.5, 0.6) is 0 Å². The molecule has 25 heavy (non-hydrogen) atoms. The fourth-order valence-electron chi connectivity index (χ4n) is 2.74. The van der Waals surface area contributed by atoms with E-state index in [1.54, 1.807) is 16.2 Å². The molecule has 3 rings (SSSR count). The highest BCUT2D eigenvalue weighted by Crippen LogP contribution is 2.26. The summed E-state index contributed by atoms with van der Waals surface area (Å²) >= 11 is 3.05. The highest BCUT2D eigenvalue weighted by Gasteiger charge is 2.23. The van der Waals surface area contributed by atoms with Crippen LogP contribution in [0.4, 0.5) is 9.93 Å². The molecule has 1 unspecified atom stereocenters. The fraction of sp³-hybridized carbons (Fsp3) is 0.471. The van der Waals surface area contributed by atoms with Crippen molar-refractivity contribution in [1.82, 2.24) is 15.6 Å². The summed E-state index contributed by atoms with van der Waals surface area (Å²) < 4.78 is 0. The van der Waals surface area contributed by atoms with E-state index in [1.165, 1.54) is 11.3 Å². The summed E-state index contributed by atoms with van der Waals surface area (Å²) in [4.78, 5) is 31.6. The van der Waals surface area contributed by atoms with Crippen LogP contribution in [0.15, 0.2) is 22.9 Å². The number of amides is 3. The number of nitrogens with zero attached hydrogens (tertiary/aromatic N) is 2. The van der Waals surface area contributed by atoms with Gasteiger partial charge in [0.05, 0.1) is 18.2 Å². The Morgan fingerprint density at radius 1 is 1.44 bits per heavy atom. The van der Waals surface area contributed by atoms with Crippen LogP contribution in [0.3, 0.4) is 0 Å². The van der Waals surface area contributed by atoms with Crippen molar-refractivity contribution in [2.24, 2.45) is 5.92 Å². The Balaban J connectivity index is 1.62. The predicted octanol–water partition coefficient (Wildman–Crippen LogP) is 3.18. The monoisotopic (exact) mass is 378 g/mol. The highest BCUT2D eigenvalue weighted by atomic mass is 32.1. The van der Waals surface area contributed by atoms with Gasteiger partial charge >= 0.3 is 6.03 Å². The molecule has 3 amide bonds. The van der Waals surface area contributed by atoms with E-state index in [1.807, 2.05) is 22.9 Å². The smallest absolute Gasteiger partial charge is 0.323 e. The van der Waals surface area contributed by atoms with E-state index >= 15 is 0 Å². The second kappa shape index (κ2) is 7.97. The second-order valence-electron chi connectivity index (χ2n) is 6.34. The van der Waals surface area contributed by atoms with Gasteiger partial charge in [0, 0.05) is 23.3 Å². The number of thiophene rings is 1. The molecule has 0 bridgehead atoms. The molecule has 0 radical (unpaired) electrons. The van der Waals surface area contributed by atoms with E-state index in [-0.39, 0.29) is 24.4 Å². The Hall–Kier alpha value is -1.93. The van der Waals surface area contributed by atoms with Crippen LogP contribution < -0.4 is 15.5 Å². The van der Waals surface area contributed by atoms with Gasteiger partial charge in [0.2, 0.25) is 5.91 Å². The molecule has 2 N–H and O–H groups in total. The number of rotatable bonds is 6. The minimum Gasteiger partial charge on any atom is -0.348 e. The van der Waals surface area contributed by atoms with Crippen molar-refractivity contribution in [3.63, 3.8) is 0 Å². The fourth-order valence-corrected chi connectivity index (χ4v) is 4.53. The second-order valence-corrected chi connectivity index (χ2v) is 8.16. The summed E-state index contributed by atoms with van der Waals surface area (Å²) in [5.74, 6) is 0.262. The van der Waals surface area contributed by atoms with Crippen LogP contribution in [0.2, 0.25) is 0 Å². The maximum atomic E-state index is 12.4. The maximum Gasteiger partial charge on any atom is 0.323 e. The number of anilines is 1. The van der Waals surface area contributed by atoms with Crippen molar-refractivity contribution in [2.75, 3.05) is 18.0 Å². The molecule has 0 aromatic carbocycles. The average molecular weight is 379 g/mol. The first-order chi connectivity index (χ1) is 12.0. The Bertz CT molecular complexity index is 727. The number of aromatic nitrogens is 1. The standard InChI is InChI=1S/C17H22N4O2S2/c1-11(2)15(13-5-3-8-24-13)20-14(22)9-12-10-25-17(19-12)21-7-4-6-18-16(21)23/h3,5,8,10-11,15H,4,6-7,9H2,1-2H3,(H,18,23)(H,20,22). The maximum absolute atomic E-state index is 12.4. The van der Waals surface area contributed by atoms with Crippen LogP contribution in [-0.2, 0) is 11.2 Å². The molecule has 3 heterocycles. The summed E-state index contributed by atoms with van der Waals surface area (Å²) in [6.45, 7) is 5.56. The third kappa shape index (κ3) is 4.38. The van der Waals surface area contributed by atoms with Gasteiger partial charge in [-0.3, -0.25) is 9.69 Å².